The number of hydrogen-bond donors (Lipinski definition) is 2. The Kier molecular flexibility index (Phi) is 8.16. The van der Waals surface area contributed by atoms with Crippen molar-refractivity contribution in [1.82, 2.24) is 15.5 Å². The van der Waals surface area contributed by atoms with Gasteiger partial charge in [0.1, 0.15) is 31.5 Å². The van der Waals surface area contributed by atoms with Gasteiger partial charge in [-0.1, -0.05) is 41.5 Å². The fourth-order valence-corrected chi connectivity index (χ4v) is 3.33. The minimum Gasteiger partial charge on any atom is -0.443 e. The third-order valence-corrected chi connectivity index (χ3v) is 4.73. The number of nitrogens with zero attached hydrogens (tertiary/aromatic N) is 1. The maximum atomic E-state index is 12.9. The molecule has 0 bridgehead atoms. The molecule has 160 valence electrons. The normalized spacial score (nSPS) is 23.3. The van der Waals surface area contributed by atoms with Gasteiger partial charge in [0, 0.05) is 6.54 Å². The van der Waals surface area contributed by atoms with Crippen LogP contribution in [-0.4, -0.2) is 60.1 Å². The van der Waals surface area contributed by atoms with Crippen molar-refractivity contribution in [3.05, 3.63) is 0 Å². The second kappa shape index (κ2) is 9.16. The van der Waals surface area contributed by atoms with Gasteiger partial charge in [0.25, 0.3) is 0 Å². The number of rotatable bonds is 1. The molecule has 0 aromatic heterocycles. The van der Waals surface area contributed by atoms with Crippen LogP contribution in [0.4, 0.5) is 9.59 Å². The first kappa shape index (κ1) is 25.0. The molecule has 0 saturated carbocycles. The predicted octanol–water partition coefficient (Wildman–Crippen LogP) is 3.65. The molecule has 1 saturated heterocycles. The van der Waals surface area contributed by atoms with E-state index in [2.05, 4.69) is 57.7 Å². The molecule has 0 aromatic carbocycles. The van der Waals surface area contributed by atoms with E-state index >= 15 is 0 Å². The molecule has 3 atom stereocenters. The van der Waals surface area contributed by atoms with Crippen molar-refractivity contribution in [3.8, 4) is 11.5 Å². The van der Waals surface area contributed by atoms with Crippen LogP contribution in [-0.2, 0) is 9.47 Å². The van der Waals surface area contributed by atoms with Gasteiger partial charge in [-0.15, -0.1) is 5.54 Å². The molecule has 0 aromatic rings. The molecule has 28 heavy (non-hydrogen) atoms. The average molecular weight is 476 g/mol. The number of carbonyl (C=O) groups is 2. The maximum Gasteiger partial charge on any atom is 0.421 e. The summed E-state index contributed by atoms with van der Waals surface area (Å²) >= 11 is 3.52. The van der Waals surface area contributed by atoms with Gasteiger partial charge in [-0.3, -0.25) is 10.6 Å². The molecule has 1 fully saturated rings. The summed E-state index contributed by atoms with van der Waals surface area (Å²) in [6.45, 7) is 17.4. The van der Waals surface area contributed by atoms with Crippen LogP contribution < -0.4 is 10.6 Å². The van der Waals surface area contributed by atoms with Crippen LogP contribution in [0.5, 0.6) is 0 Å². The molecule has 3 unspecified atom stereocenters. The minimum atomic E-state index is -1.65. The third-order valence-electron chi connectivity index (χ3n) is 3.24. The molecule has 2 amide bonds. The van der Waals surface area contributed by atoms with Crippen molar-refractivity contribution < 1.29 is 19.1 Å². The molecule has 1 rings (SSSR count). The van der Waals surface area contributed by atoms with Gasteiger partial charge in [0.2, 0.25) is 0 Å². The van der Waals surface area contributed by atoms with Crippen LogP contribution in [0.2, 0.25) is 19.6 Å². The lowest BCUT2D eigenvalue weighted by Gasteiger charge is -2.40. The lowest BCUT2D eigenvalue weighted by atomic mass is 10.1. The molecule has 9 heteroatoms. The van der Waals surface area contributed by atoms with E-state index in [1.54, 1.807) is 41.5 Å². The van der Waals surface area contributed by atoms with Crippen molar-refractivity contribution >= 4 is 36.2 Å². The number of piperazine rings is 1. The zero-order valence-electron chi connectivity index (χ0n) is 18.4. The zero-order chi connectivity index (χ0) is 21.9. The molecule has 0 aliphatic carbocycles. The fraction of sp³-hybridized carbons (Fsp3) is 0.789. The maximum absolute atomic E-state index is 12.9. The Labute approximate surface area is 178 Å². The van der Waals surface area contributed by atoms with Crippen molar-refractivity contribution in [2.75, 3.05) is 6.54 Å². The zero-order valence-corrected chi connectivity index (χ0v) is 21.0. The Hall–Kier alpha value is -1.08. The van der Waals surface area contributed by atoms with E-state index in [9.17, 15) is 9.59 Å². The van der Waals surface area contributed by atoms with Gasteiger partial charge in [-0.2, -0.15) is 4.90 Å². The highest BCUT2D eigenvalue weighted by Gasteiger charge is 2.42. The van der Waals surface area contributed by atoms with Crippen LogP contribution >= 0.6 is 15.9 Å². The van der Waals surface area contributed by atoms with Crippen LogP contribution in [0, 0.1) is 11.5 Å². The molecule has 7 nitrogen and oxygen atoms in total. The average Bonchev–Trinajstić information content (AvgIpc) is 2.42. The number of nitrogens with one attached hydrogen (secondary N) is 2. The smallest absolute Gasteiger partial charge is 0.421 e. The molecule has 1 aliphatic heterocycles. The summed E-state index contributed by atoms with van der Waals surface area (Å²) < 4.78 is 11.0. The van der Waals surface area contributed by atoms with E-state index in [4.69, 9.17) is 9.47 Å². The Morgan fingerprint density at radius 1 is 1.04 bits per heavy atom. The lowest BCUT2D eigenvalue weighted by Crippen LogP contribution is -2.67. The first-order chi connectivity index (χ1) is 12.5. The summed E-state index contributed by atoms with van der Waals surface area (Å²) in [5.41, 5.74) is 1.80. The predicted molar refractivity (Wildman–Crippen MR) is 117 cm³/mol. The summed E-state index contributed by atoms with van der Waals surface area (Å²) in [6.07, 6.45) is -2.26. The van der Waals surface area contributed by atoms with Crippen LogP contribution in [0.25, 0.3) is 0 Å². The van der Waals surface area contributed by atoms with E-state index in [0.29, 0.717) is 6.54 Å². The summed E-state index contributed by atoms with van der Waals surface area (Å²) in [5.74, 6) is 3.21. The fourth-order valence-electron chi connectivity index (χ4n) is 2.27. The van der Waals surface area contributed by atoms with E-state index in [1.807, 2.05) is 0 Å². The summed E-state index contributed by atoms with van der Waals surface area (Å²) in [5, 5.41) is 6.52. The minimum absolute atomic E-state index is 0.0381. The number of ether oxygens (including phenoxy) is 2. The van der Waals surface area contributed by atoms with Gasteiger partial charge in [-0.05, 0) is 41.5 Å². The Balaban J connectivity index is 3.28. The Morgan fingerprint density at radius 2 is 1.50 bits per heavy atom. The lowest BCUT2D eigenvalue weighted by molar-refractivity contribution is -0.0146. The molecule has 1 heterocycles. The van der Waals surface area contributed by atoms with E-state index in [0.717, 1.165) is 4.90 Å². The highest BCUT2D eigenvalue weighted by atomic mass is 79.9. The number of imide groups is 1. The number of alkyl halides is 1. The van der Waals surface area contributed by atoms with Crippen molar-refractivity contribution in [1.29, 1.82) is 0 Å². The number of halogens is 1. The van der Waals surface area contributed by atoms with Crippen LogP contribution in [0.15, 0.2) is 0 Å². The van der Waals surface area contributed by atoms with Crippen LogP contribution in [0.1, 0.15) is 41.5 Å². The number of amides is 2. The molecule has 2 N–H and O–H groups in total. The van der Waals surface area contributed by atoms with Crippen LogP contribution in [0.3, 0.4) is 0 Å². The number of hydrogen-bond acceptors (Lipinski definition) is 6. The van der Waals surface area contributed by atoms with Gasteiger partial charge in [0.15, 0.2) is 0 Å². The van der Waals surface area contributed by atoms with Gasteiger partial charge >= 0.3 is 12.2 Å². The molecule has 0 radical (unpaired) electrons. The summed E-state index contributed by atoms with van der Waals surface area (Å²) in [6, 6.07) is -0.468. The van der Waals surface area contributed by atoms with E-state index in [-0.39, 0.29) is 4.95 Å². The number of carbonyl (C=O) groups excluding carboxylic acids is 2. The first-order valence-corrected chi connectivity index (χ1v) is 13.8. The summed E-state index contributed by atoms with van der Waals surface area (Å²) in [4.78, 5) is 26.7. The van der Waals surface area contributed by atoms with Gasteiger partial charge < -0.3 is 9.47 Å². The van der Waals surface area contributed by atoms with Crippen molar-refractivity contribution in [2.45, 2.75) is 89.5 Å². The molecular formula is C19H34BrN3O4Si. The SMILES string of the molecule is CC(C)(C)OC(=O)N(C(=O)OC(C)(C)C)C1NCC(Br)NC1C#C[Si](C)(C)C. The molecular weight excluding hydrogens is 442 g/mol. The van der Waals surface area contributed by atoms with Crippen molar-refractivity contribution in [3.63, 3.8) is 0 Å². The van der Waals surface area contributed by atoms with E-state index in [1.165, 1.54) is 0 Å². The summed E-state index contributed by atoms with van der Waals surface area (Å²) in [7, 11) is -1.65. The quantitative estimate of drug-likeness (QED) is 0.260. The van der Waals surface area contributed by atoms with Gasteiger partial charge in [-0.25, -0.2) is 9.59 Å². The standard InChI is InChI=1S/C19H34BrN3O4Si/c1-18(2,3)26-16(24)23(17(25)27-19(4,5)6)15-13(10-11-28(7,8)9)22-14(20)12-21-15/h13-15,21-22H,12H2,1-9H3. The monoisotopic (exact) mass is 475 g/mol. The topological polar surface area (TPSA) is 79.9 Å². The second-order valence-corrected chi connectivity index (χ2v) is 15.7. The first-order valence-electron chi connectivity index (χ1n) is 9.40. The highest BCUT2D eigenvalue weighted by Crippen LogP contribution is 2.19. The second-order valence-electron chi connectivity index (χ2n) is 9.81. The van der Waals surface area contributed by atoms with E-state index < -0.39 is 43.7 Å². The Bertz CT molecular complexity index is 613. The Morgan fingerprint density at radius 3 is 1.89 bits per heavy atom. The molecule has 0 spiro atoms. The molecule has 1 aliphatic rings. The highest BCUT2D eigenvalue weighted by molar-refractivity contribution is 9.09. The third kappa shape index (κ3) is 8.95. The largest absolute Gasteiger partial charge is 0.443 e. The van der Waals surface area contributed by atoms with Gasteiger partial charge in [0.05, 0.1) is 4.95 Å². The van der Waals surface area contributed by atoms with Crippen molar-refractivity contribution in [2.24, 2.45) is 0 Å².